The normalized spacial score (nSPS) is 15.7. The topological polar surface area (TPSA) is 86.1 Å². The zero-order valence-electron chi connectivity index (χ0n) is 10.8. The van der Waals surface area contributed by atoms with Crippen LogP contribution in [0.1, 0.15) is 23.3 Å². The summed E-state index contributed by atoms with van der Waals surface area (Å²) >= 11 is 5.12. The van der Waals surface area contributed by atoms with Crippen molar-refractivity contribution in [1.29, 1.82) is 0 Å². The van der Waals surface area contributed by atoms with Crippen LogP contribution in [0.3, 0.4) is 0 Å². The van der Waals surface area contributed by atoms with Gasteiger partial charge in [0.2, 0.25) is 0 Å². The summed E-state index contributed by atoms with van der Waals surface area (Å²) in [5.74, 6) is -1.11. The van der Waals surface area contributed by atoms with E-state index >= 15 is 0 Å². The molecule has 108 valence electrons. The summed E-state index contributed by atoms with van der Waals surface area (Å²) in [5, 5.41) is 9.56. The summed E-state index contributed by atoms with van der Waals surface area (Å²) < 4.78 is 12.1. The third-order valence-electron chi connectivity index (χ3n) is 3.16. The predicted octanol–water partition coefficient (Wildman–Crippen LogP) is 2.77. The van der Waals surface area contributed by atoms with Crippen LogP contribution in [-0.4, -0.2) is 30.8 Å². The van der Waals surface area contributed by atoms with Crippen LogP contribution in [-0.2, 0) is 11.2 Å². The molecule has 1 fully saturated rings. The fourth-order valence-corrected chi connectivity index (χ4v) is 3.70. The van der Waals surface area contributed by atoms with Crippen LogP contribution in [0.15, 0.2) is 35.5 Å². The SMILES string of the molecule is O=C(O)c1cc(-c2ccc([S+]([O-])C3CC3)c(Cl)c2)ncn1. The average Bonchev–Trinajstić information content (AvgIpc) is 3.31. The van der Waals surface area contributed by atoms with Gasteiger partial charge in [-0.15, -0.1) is 0 Å². The summed E-state index contributed by atoms with van der Waals surface area (Å²) in [6.45, 7) is 0. The highest BCUT2D eigenvalue weighted by Crippen LogP contribution is 2.37. The molecular formula is C14H11ClN2O3S. The van der Waals surface area contributed by atoms with Gasteiger partial charge in [-0.05, 0) is 35.4 Å². The Kier molecular flexibility index (Phi) is 3.84. The summed E-state index contributed by atoms with van der Waals surface area (Å²) in [5.41, 5.74) is 1.05. The first-order valence-electron chi connectivity index (χ1n) is 6.32. The van der Waals surface area contributed by atoms with Crippen LogP contribution in [0.5, 0.6) is 0 Å². The summed E-state index contributed by atoms with van der Waals surface area (Å²) in [7, 11) is 0. The predicted molar refractivity (Wildman–Crippen MR) is 78.9 cm³/mol. The van der Waals surface area contributed by atoms with E-state index in [4.69, 9.17) is 16.7 Å². The highest BCUT2D eigenvalue weighted by Gasteiger charge is 2.36. The van der Waals surface area contributed by atoms with Gasteiger partial charge in [0.25, 0.3) is 0 Å². The number of hydrogen-bond donors (Lipinski definition) is 1. The molecule has 1 N–H and O–H groups in total. The first-order valence-corrected chi connectivity index (χ1v) is 7.91. The van der Waals surface area contributed by atoms with Crippen molar-refractivity contribution in [2.75, 3.05) is 0 Å². The van der Waals surface area contributed by atoms with Crippen LogP contribution in [0, 0.1) is 0 Å². The molecule has 7 heteroatoms. The lowest BCUT2D eigenvalue weighted by Crippen LogP contribution is -2.07. The molecule has 0 spiro atoms. The quantitative estimate of drug-likeness (QED) is 0.875. The second-order valence-corrected chi connectivity index (χ2v) is 6.84. The molecule has 1 saturated carbocycles. The number of rotatable bonds is 4. The highest BCUT2D eigenvalue weighted by atomic mass is 35.5. The molecule has 0 bridgehead atoms. The van der Waals surface area contributed by atoms with Crippen molar-refractivity contribution in [3.05, 3.63) is 41.3 Å². The molecule has 1 unspecified atom stereocenters. The summed E-state index contributed by atoms with van der Waals surface area (Å²) in [4.78, 5) is 19.3. The van der Waals surface area contributed by atoms with E-state index in [0.717, 1.165) is 12.8 Å². The van der Waals surface area contributed by atoms with Crippen molar-refractivity contribution in [3.8, 4) is 11.3 Å². The van der Waals surface area contributed by atoms with Gasteiger partial charge < -0.3 is 9.66 Å². The number of carboxylic acid groups (broad SMARTS) is 1. The van der Waals surface area contributed by atoms with Crippen molar-refractivity contribution >= 4 is 28.7 Å². The van der Waals surface area contributed by atoms with E-state index in [9.17, 15) is 9.35 Å². The van der Waals surface area contributed by atoms with Crippen molar-refractivity contribution in [1.82, 2.24) is 9.97 Å². The molecule has 2 aromatic rings. The Balaban J connectivity index is 1.94. The molecule has 1 aromatic heterocycles. The standard InChI is InChI=1S/C14H11ClN2O3S/c15-10-5-8(1-4-13(10)21(20)9-2-3-9)11-6-12(14(18)19)17-7-16-11/h1,4-7,9H,2-3H2,(H,18,19). The zero-order valence-corrected chi connectivity index (χ0v) is 12.4. The Labute approximate surface area is 129 Å². The van der Waals surface area contributed by atoms with Gasteiger partial charge in [0.1, 0.15) is 11.6 Å². The number of aromatic carboxylic acids is 1. The smallest absolute Gasteiger partial charge is 0.354 e. The average molecular weight is 323 g/mol. The number of aromatic nitrogens is 2. The number of halogens is 1. The lowest BCUT2D eigenvalue weighted by molar-refractivity contribution is 0.0690. The van der Waals surface area contributed by atoms with Gasteiger partial charge in [-0.2, -0.15) is 0 Å². The van der Waals surface area contributed by atoms with Gasteiger partial charge in [0.15, 0.2) is 10.6 Å². The Morgan fingerprint density at radius 2 is 2.10 bits per heavy atom. The molecule has 3 rings (SSSR count). The maximum Gasteiger partial charge on any atom is 0.354 e. The zero-order chi connectivity index (χ0) is 15.0. The van der Waals surface area contributed by atoms with E-state index in [0.29, 0.717) is 21.2 Å². The van der Waals surface area contributed by atoms with Gasteiger partial charge in [-0.25, -0.2) is 14.8 Å². The van der Waals surface area contributed by atoms with E-state index in [1.165, 1.54) is 12.4 Å². The van der Waals surface area contributed by atoms with E-state index in [1.807, 2.05) is 0 Å². The minimum Gasteiger partial charge on any atom is -0.611 e. The maximum absolute atomic E-state index is 12.1. The minimum atomic E-state index is -1.11. The Bertz CT molecular complexity index is 706. The number of benzene rings is 1. The Morgan fingerprint density at radius 1 is 1.33 bits per heavy atom. The molecule has 21 heavy (non-hydrogen) atoms. The van der Waals surface area contributed by atoms with Gasteiger partial charge >= 0.3 is 5.97 Å². The highest BCUT2D eigenvalue weighted by molar-refractivity contribution is 7.92. The molecule has 1 aliphatic rings. The van der Waals surface area contributed by atoms with Crippen LogP contribution < -0.4 is 0 Å². The molecule has 0 amide bonds. The fraction of sp³-hybridized carbons (Fsp3) is 0.214. The van der Waals surface area contributed by atoms with E-state index < -0.39 is 17.1 Å². The van der Waals surface area contributed by atoms with E-state index in [1.54, 1.807) is 18.2 Å². The van der Waals surface area contributed by atoms with Crippen molar-refractivity contribution in [2.24, 2.45) is 0 Å². The molecule has 1 atom stereocenters. The van der Waals surface area contributed by atoms with E-state index in [-0.39, 0.29) is 10.9 Å². The molecule has 0 aliphatic heterocycles. The lowest BCUT2D eigenvalue weighted by Gasteiger charge is -2.11. The minimum absolute atomic E-state index is 0.0817. The van der Waals surface area contributed by atoms with Crippen molar-refractivity contribution < 1.29 is 14.5 Å². The van der Waals surface area contributed by atoms with Gasteiger partial charge in [-0.3, -0.25) is 0 Å². The molecule has 5 nitrogen and oxygen atoms in total. The molecule has 1 aliphatic carbocycles. The van der Waals surface area contributed by atoms with Gasteiger partial charge in [0.05, 0.1) is 10.7 Å². The Hall–Kier alpha value is -1.63. The monoisotopic (exact) mass is 322 g/mol. The Morgan fingerprint density at radius 3 is 2.71 bits per heavy atom. The lowest BCUT2D eigenvalue weighted by atomic mass is 10.1. The summed E-state index contributed by atoms with van der Waals surface area (Å²) in [6.07, 6.45) is 3.14. The maximum atomic E-state index is 12.1. The third kappa shape index (κ3) is 3.02. The first kappa shape index (κ1) is 14.3. The van der Waals surface area contributed by atoms with Gasteiger partial charge in [-0.1, -0.05) is 11.6 Å². The molecule has 1 aromatic carbocycles. The van der Waals surface area contributed by atoms with E-state index in [2.05, 4.69) is 9.97 Å². The largest absolute Gasteiger partial charge is 0.611 e. The van der Waals surface area contributed by atoms with Crippen LogP contribution in [0.4, 0.5) is 0 Å². The fourth-order valence-electron chi connectivity index (χ4n) is 1.92. The molecule has 0 radical (unpaired) electrons. The number of hydrogen-bond acceptors (Lipinski definition) is 4. The second-order valence-electron chi connectivity index (χ2n) is 4.74. The van der Waals surface area contributed by atoms with Gasteiger partial charge in [0, 0.05) is 18.4 Å². The first-order chi connectivity index (χ1) is 10.1. The molecule has 1 heterocycles. The second kappa shape index (κ2) is 5.63. The van der Waals surface area contributed by atoms with Crippen molar-refractivity contribution in [2.45, 2.75) is 23.0 Å². The molecule has 0 saturated heterocycles. The number of carboxylic acids is 1. The van der Waals surface area contributed by atoms with Crippen LogP contribution in [0.2, 0.25) is 5.02 Å². The molecular weight excluding hydrogens is 312 g/mol. The number of carbonyl (C=O) groups is 1. The van der Waals surface area contributed by atoms with Crippen LogP contribution >= 0.6 is 11.6 Å². The van der Waals surface area contributed by atoms with Crippen molar-refractivity contribution in [3.63, 3.8) is 0 Å². The summed E-state index contributed by atoms with van der Waals surface area (Å²) in [6, 6.07) is 6.50. The number of nitrogens with zero attached hydrogens (tertiary/aromatic N) is 2. The van der Waals surface area contributed by atoms with Crippen LogP contribution in [0.25, 0.3) is 11.3 Å². The third-order valence-corrected chi connectivity index (χ3v) is 5.45.